The van der Waals surface area contributed by atoms with Gasteiger partial charge < -0.3 is 5.32 Å². The average molecular weight is 329 g/mol. The second-order valence-corrected chi connectivity index (χ2v) is 5.89. The Morgan fingerprint density at radius 3 is 2.74 bits per heavy atom. The summed E-state index contributed by atoms with van der Waals surface area (Å²) in [4.78, 5) is 28.4. The Morgan fingerprint density at radius 2 is 2.13 bits per heavy atom. The first-order chi connectivity index (χ1) is 11.1. The summed E-state index contributed by atoms with van der Waals surface area (Å²) in [6.45, 7) is -0.131. The van der Waals surface area contributed by atoms with Crippen molar-refractivity contribution in [3.05, 3.63) is 69.3 Å². The molecule has 8 heteroatoms. The molecule has 2 aromatic heterocycles. The van der Waals surface area contributed by atoms with Crippen LogP contribution in [-0.2, 0) is 18.4 Å². The van der Waals surface area contributed by atoms with Gasteiger partial charge in [-0.3, -0.25) is 9.36 Å². The Hall–Kier alpha value is -2.74. The number of amides is 1. The number of aryl methyl sites for hydroxylation is 1. The molecule has 0 saturated carbocycles. The van der Waals surface area contributed by atoms with E-state index in [2.05, 4.69) is 15.4 Å². The fraction of sp³-hybridized carbons (Fsp3) is 0.200. The number of hydrogen-bond donors (Lipinski definition) is 1. The minimum absolute atomic E-state index is 0.131. The van der Waals surface area contributed by atoms with E-state index in [1.807, 2.05) is 35.7 Å². The highest BCUT2D eigenvalue weighted by Gasteiger charge is 2.19. The number of benzene rings is 1. The number of hydrogen-bond acceptors (Lipinski definition) is 5. The maximum atomic E-state index is 12.3. The molecule has 7 nitrogen and oxygen atoms in total. The van der Waals surface area contributed by atoms with Crippen LogP contribution in [-0.4, -0.2) is 25.2 Å². The van der Waals surface area contributed by atoms with E-state index in [-0.39, 0.29) is 24.2 Å². The van der Waals surface area contributed by atoms with Gasteiger partial charge in [-0.05, 0) is 5.56 Å². The Balaban J connectivity index is 1.80. The third-order valence-electron chi connectivity index (χ3n) is 3.32. The van der Waals surface area contributed by atoms with Gasteiger partial charge in [0.15, 0.2) is 0 Å². The van der Waals surface area contributed by atoms with Gasteiger partial charge >= 0.3 is 5.69 Å². The number of nitrogens with zero attached hydrogens (tertiary/aromatic N) is 4. The van der Waals surface area contributed by atoms with Crippen LogP contribution in [0, 0.1) is 0 Å². The third-order valence-corrected chi connectivity index (χ3v) is 4.16. The van der Waals surface area contributed by atoms with Gasteiger partial charge in [-0.15, -0.1) is 11.3 Å². The summed E-state index contributed by atoms with van der Waals surface area (Å²) >= 11 is 1.47. The SMILES string of the molecule is Cn1cnn(CC(=O)N[C@H](c2ccccc2)c2nccs2)c1=O. The predicted octanol–water partition coefficient (Wildman–Crippen LogP) is 0.944. The van der Waals surface area contributed by atoms with E-state index in [9.17, 15) is 9.59 Å². The minimum atomic E-state index is -0.344. The second-order valence-electron chi connectivity index (χ2n) is 4.96. The molecule has 3 aromatic rings. The monoisotopic (exact) mass is 329 g/mol. The van der Waals surface area contributed by atoms with E-state index in [0.717, 1.165) is 15.3 Å². The number of aromatic nitrogens is 4. The number of thiazole rings is 1. The highest BCUT2D eigenvalue weighted by Crippen LogP contribution is 2.23. The van der Waals surface area contributed by atoms with Gasteiger partial charge in [0.05, 0.1) is 0 Å². The van der Waals surface area contributed by atoms with Crippen LogP contribution in [0.25, 0.3) is 0 Å². The van der Waals surface area contributed by atoms with Crippen LogP contribution in [0.2, 0.25) is 0 Å². The zero-order valence-electron chi connectivity index (χ0n) is 12.4. The van der Waals surface area contributed by atoms with Crippen LogP contribution in [0.4, 0.5) is 0 Å². The largest absolute Gasteiger partial charge is 0.345 e. The highest BCUT2D eigenvalue weighted by molar-refractivity contribution is 7.09. The van der Waals surface area contributed by atoms with Crippen LogP contribution in [0.5, 0.6) is 0 Å². The van der Waals surface area contributed by atoms with E-state index in [4.69, 9.17) is 0 Å². The van der Waals surface area contributed by atoms with E-state index < -0.39 is 0 Å². The van der Waals surface area contributed by atoms with E-state index in [0.29, 0.717) is 0 Å². The second kappa shape index (κ2) is 6.57. The van der Waals surface area contributed by atoms with Gasteiger partial charge in [0.2, 0.25) is 5.91 Å². The molecule has 2 heterocycles. The molecule has 0 unspecified atom stereocenters. The summed E-state index contributed by atoms with van der Waals surface area (Å²) in [6.07, 6.45) is 3.08. The number of nitrogens with one attached hydrogen (secondary N) is 1. The molecule has 1 amide bonds. The standard InChI is InChI=1S/C15H15N5O2S/c1-19-10-17-20(15(19)22)9-12(21)18-13(14-16-7-8-23-14)11-5-3-2-4-6-11/h2-8,10,13H,9H2,1H3,(H,18,21)/t13-/m1/s1. The first-order valence-corrected chi connectivity index (χ1v) is 7.85. The zero-order chi connectivity index (χ0) is 16.2. The fourth-order valence-electron chi connectivity index (χ4n) is 2.18. The Morgan fingerprint density at radius 1 is 1.35 bits per heavy atom. The normalized spacial score (nSPS) is 12.0. The molecule has 1 atom stereocenters. The summed E-state index contributed by atoms with van der Waals surface area (Å²) in [7, 11) is 1.59. The molecule has 3 rings (SSSR count). The maximum Gasteiger partial charge on any atom is 0.345 e. The quantitative estimate of drug-likeness (QED) is 0.755. The number of carbonyl (C=O) groups excluding carboxylic acids is 1. The Kier molecular flexibility index (Phi) is 4.33. The van der Waals surface area contributed by atoms with Gasteiger partial charge in [-0.25, -0.2) is 14.5 Å². The van der Waals surface area contributed by atoms with Crippen LogP contribution < -0.4 is 11.0 Å². The molecule has 0 bridgehead atoms. The van der Waals surface area contributed by atoms with Crippen molar-refractivity contribution in [2.24, 2.45) is 7.05 Å². The lowest BCUT2D eigenvalue weighted by atomic mass is 10.1. The lowest BCUT2D eigenvalue weighted by Gasteiger charge is -2.16. The molecular formula is C15H15N5O2S. The van der Waals surface area contributed by atoms with Crippen LogP contribution >= 0.6 is 11.3 Å². The molecule has 1 N–H and O–H groups in total. The molecule has 0 spiro atoms. The minimum Gasteiger partial charge on any atom is -0.341 e. The van der Waals surface area contributed by atoms with Gasteiger partial charge in [0.25, 0.3) is 0 Å². The van der Waals surface area contributed by atoms with E-state index in [1.165, 1.54) is 22.2 Å². The third kappa shape index (κ3) is 3.37. The molecule has 0 aliphatic rings. The lowest BCUT2D eigenvalue weighted by molar-refractivity contribution is -0.122. The summed E-state index contributed by atoms with van der Waals surface area (Å²) < 4.78 is 2.45. The van der Waals surface area contributed by atoms with Gasteiger partial charge in [-0.2, -0.15) is 5.10 Å². The van der Waals surface area contributed by atoms with Crippen molar-refractivity contribution in [3.63, 3.8) is 0 Å². The molecule has 23 heavy (non-hydrogen) atoms. The van der Waals surface area contributed by atoms with Crippen molar-refractivity contribution >= 4 is 17.2 Å². The first kappa shape index (κ1) is 15.2. The molecule has 1 aromatic carbocycles. The summed E-state index contributed by atoms with van der Waals surface area (Å²) in [5.74, 6) is -0.296. The highest BCUT2D eigenvalue weighted by atomic mass is 32.1. The Bertz CT molecular complexity index is 838. The molecule has 118 valence electrons. The summed E-state index contributed by atoms with van der Waals surface area (Å²) in [5, 5.41) is 9.46. The molecule has 0 fully saturated rings. The fourth-order valence-corrected chi connectivity index (χ4v) is 2.90. The summed E-state index contributed by atoms with van der Waals surface area (Å²) in [5.41, 5.74) is 0.606. The molecule has 0 aliphatic heterocycles. The zero-order valence-corrected chi connectivity index (χ0v) is 13.2. The van der Waals surface area contributed by atoms with Gasteiger partial charge in [-0.1, -0.05) is 30.3 Å². The van der Waals surface area contributed by atoms with Crippen LogP contribution in [0.15, 0.2) is 53.0 Å². The molecule has 0 aliphatic carbocycles. The van der Waals surface area contributed by atoms with Crippen molar-refractivity contribution in [1.82, 2.24) is 24.6 Å². The predicted molar refractivity (Wildman–Crippen MR) is 86.0 cm³/mol. The van der Waals surface area contributed by atoms with Crippen molar-refractivity contribution in [2.75, 3.05) is 0 Å². The molecule has 0 radical (unpaired) electrons. The topological polar surface area (TPSA) is 81.8 Å². The maximum absolute atomic E-state index is 12.3. The molecular weight excluding hydrogens is 314 g/mol. The van der Waals surface area contributed by atoms with E-state index in [1.54, 1.807) is 13.2 Å². The van der Waals surface area contributed by atoms with Crippen molar-refractivity contribution < 1.29 is 4.79 Å². The van der Waals surface area contributed by atoms with E-state index >= 15 is 0 Å². The number of carbonyl (C=O) groups is 1. The lowest BCUT2D eigenvalue weighted by Crippen LogP contribution is -2.35. The summed E-state index contributed by atoms with van der Waals surface area (Å²) in [6, 6.07) is 9.25. The van der Waals surface area contributed by atoms with Crippen LogP contribution in [0.1, 0.15) is 16.6 Å². The number of rotatable bonds is 5. The smallest absolute Gasteiger partial charge is 0.341 e. The Labute approximate surface area is 136 Å². The van der Waals surface area contributed by atoms with Crippen molar-refractivity contribution in [2.45, 2.75) is 12.6 Å². The van der Waals surface area contributed by atoms with Crippen molar-refractivity contribution in [1.29, 1.82) is 0 Å². The van der Waals surface area contributed by atoms with Crippen LogP contribution in [0.3, 0.4) is 0 Å². The first-order valence-electron chi connectivity index (χ1n) is 6.97. The van der Waals surface area contributed by atoms with Gasteiger partial charge in [0.1, 0.15) is 23.9 Å². The average Bonchev–Trinajstić information content (AvgIpc) is 3.19. The molecule has 0 saturated heterocycles. The van der Waals surface area contributed by atoms with Gasteiger partial charge in [0, 0.05) is 18.6 Å². The van der Waals surface area contributed by atoms with Crippen molar-refractivity contribution in [3.8, 4) is 0 Å².